The SMILES string of the molecule is Cc1c(O[C@H](C)C(=O)O)ccc2c3c(c(=O)oc12)CCCC3. The minimum Gasteiger partial charge on any atom is -0.479 e. The molecule has 3 rings (SSSR count). The molecule has 1 N–H and O–H groups in total. The van der Waals surface area contributed by atoms with E-state index in [1.54, 1.807) is 13.0 Å². The number of hydrogen-bond donors (Lipinski definition) is 1. The van der Waals surface area contributed by atoms with E-state index in [9.17, 15) is 9.59 Å². The fourth-order valence-electron chi connectivity index (χ4n) is 2.99. The molecule has 1 aliphatic rings. The fourth-order valence-corrected chi connectivity index (χ4v) is 2.99. The van der Waals surface area contributed by atoms with Gasteiger partial charge in [0.05, 0.1) is 0 Å². The molecule has 0 bridgehead atoms. The first-order chi connectivity index (χ1) is 10.5. The van der Waals surface area contributed by atoms with Gasteiger partial charge in [-0.3, -0.25) is 0 Å². The lowest BCUT2D eigenvalue weighted by molar-refractivity contribution is -0.144. The lowest BCUT2D eigenvalue weighted by Crippen LogP contribution is -2.23. The third-order valence-electron chi connectivity index (χ3n) is 4.24. The predicted octanol–water partition coefficient (Wildman–Crippen LogP) is 2.83. The van der Waals surface area contributed by atoms with Gasteiger partial charge in [-0.1, -0.05) is 0 Å². The largest absolute Gasteiger partial charge is 0.479 e. The second-order valence-electron chi connectivity index (χ2n) is 5.72. The first kappa shape index (κ1) is 14.6. The number of aryl methyl sites for hydroxylation is 2. The summed E-state index contributed by atoms with van der Waals surface area (Å²) >= 11 is 0. The van der Waals surface area contributed by atoms with Gasteiger partial charge in [-0.2, -0.15) is 0 Å². The second-order valence-corrected chi connectivity index (χ2v) is 5.72. The summed E-state index contributed by atoms with van der Waals surface area (Å²) in [6, 6.07) is 3.62. The summed E-state index contributed by atoms with van der Waals surface area (Å²) in [4.78, 5) is 23.1. The van der Waals surface area contributed by atoms with Crippen LogP contribution in [-0.4, -0.2) is 17.2 Å². The number of carbonyl (C=O) groups is 1. The lowest BCUT2D eigenvalue weighted by atomic mass is 9.90. The highest BCUT2D eigenvalue weighted by atomic mass is 16.5. The van der Waals surface area contributed by atoms with Gasteiger partial charge in [0.1, 0.15) is 11.3 Å². The number of fused-ring (bicyclic) bond motifs is 3. The number of carboxylic acid groups (broad SMARTS) is 1. The van der Waals surface area contributed by atoms with Crippen molar-refractivity contribution in [2.24, 2.45) is 0 Å². The van der Waals surface area contributed by atoms with Crippen LogP contribution in [0.5, 0.6) is 5.75 Å². The number of carboxylic acids is 1. The topological polar surface area (TPSA) is 76.7 Å². The minimum atomic E-state index is -1.04. The van der Waals surface area contributed by atoms with Gasteiger partial charge in [0.2, 0.25) is 0 Å². The zero-order valence-electron chi connectivity index (χ0n) is 12.6. The highest BCUT2D eigenvalue weighted by molar-refractivity contribution is 5.86. The van der Waals surface area contributed by atoms with Crippen molar-refractivity contribution in [3.05, 3.63) is 39.2 Å². The van der Waals surface area contributed by atoms with Gasteiger partial charge in [0.25, 0.3) is 0 Å². The molecule has 0 radical (unpaired) electrons. The molecule has 0 saturated heterocycles. The Morgan fingerprint density at radius 2 is 1.95 bits per heavy atom. The number of rotatable bonds is 3. The van der Waals surface area contributed by atoms with Crippen molar-refractivity contribution >= 4 is 16.9 Å². The van der Waals surface area contributed by atoms with Crippen LogP contribution in [0.3, 0.4) is 0 Å². The van der Waals surface area contributed by atoms with E-state index in [0.29, 0.717) is 16.9 Å². The van der Waals surface area contributed by atoms with Gasteiger partial charge in [-0.25, -0.2) is 9.59 Å². The molecule has 116 valence electrons. The van der Waals surface area contributed by atoms with Crippen LogP contribution in [0.2, 0.25) is 0 Å². The van der Waals surface area contributed by atoms with E-state index in [1.807, 2.05) is 6.07 Å². The van der Waals surface area contributed by atoms with Crippen molar-refractivity contribution in [1.29, 1.82) is 0 Å². The molecule has 2 aromatic rings. The quantitative estimate of drug-likeness (QED) is 0.882. The van der Waals surface area contributed by atoms with Crippen LogP contribution in [0, 0.1) is 6.92 Å². The van der Waals surface area contributed by atoms with E-state index in [2.05, 4.69) is 0 Å². The van der Waals surface area contributed by atoms with Crippen LogP contribution in [0.15, 0.2) is 21.3 Å². The van der Waals surface area contributed by atoms with Crippen molar-refractivity contribution < 1.29 is 19.1 Å². The second kappa shape index (κ2) is 5.48. The smallest absolute Gasteiger partial charge is 0.344 e. The Bertz CT molecular complexity index is 803. The Kier molecular flexibility index (Phi) is 3.64. The van der Waals surface area contributed by atoms with Crippen molar-refractivity contribution in [1.82, 2.24) is 0 Å². The van der Waals surface area contributed by atoms with Gasteiger partial charge >= 0.3 is 11.6 Å². The Balaban J connectivity index is 2.16. The van der Waals surface area contributed by atoms with E-state index >= 15 is 0 Å². The zero-order valence-corrected chi connectivity index (χ0v) is 12.6. The molecule has 1 aliphatic carbocycles. The molecule has 1 aromatic heterocycles. The third-order valence-corrected chi connectivity index (χ3v) is 4.24. The van der Waals surface area contributed by atoms with E-state index in [-0.39, 0.29) is 5.63 Å². The van der Waals surface area contributed by atoms with E-state index in [1.165, 1.54) is 6.92 Å². The maximum Gasteiger partial charge on any atom is 0.344 e. The van der Waals surface area contributed by atoms with Crippen LogP contribution >= 0.6 is 0 Å². The Morgan fingerprint density at radius 1 is 1.27 bits per heavy atom. The molecule has 0 amide bonds. The van der Waals surface area contributed by atoms with Crippen molar-refractivity contribution in [2.75, 3.05) is 0 Å². The molecule has 5 heteroatoms. The summed E-state index contributed by atoms with van der Waals surface area (Å²) in [5, 5.41) is 9.88. The van der Waals surface area contributed by atoms with Crippen molar-refractivity contribution in [3.8, 4) is 5.75 Å². The van der Waals surface area contributed by atoms with Crippen LogP contribution in [-0.2, 0) is 17.6 Å². The summed E-state index contributed by atoms with van der Waals surface area (Å²) in [5.41, 5.74) is 2.73. The first-order valence-corrected chi connectivity index (χ1v) is 7.46. The average Bonchev–Trinajstić information content (AvgIpc) is 2.51. The van der Waals surface area contributed by atoms with Crippen LogP contribution in [0.25, 0.3) is 11.0 Å². The zero-order chi connectivity index (χ0) is 15.9. The van der Waals surface area contributed by atoms with Crippen LogP contribution in [0.4, 0.5) is 0 Å². The molecule has 5 nitrogen and oxygen atoms in total. The number of aliphatic carboxylic acids is 1. The number of benzene rings is 1. The fraction of sp³-hybridized carbons (Fsp3) is 0.412. The van der Waals surface area contributed by atoms with E-state index < -0.39 is 12.1 Å². The molecule has 1 atom stereocenters. The van der Waals surface area contributed by atoms with Crippen molar-refractivity contribution in [3.63, 3.8) is 0 Å². The van der Waals surface area contributed by atoms with Crippen LogP contribution in [0.1, 0.15) is 36.5 Å². The molecule has 0 aliphatic heterocycles. The van der Waals surface area contributed by atoms with Gasteiger partial charge in [-0.05, 0) is 57.2 Å². The molecule has 22 heavy (non-hydrogen) atoms. The van der Waals surface area contributed by atoms with Gasteiger partial charge in [0, 0.05) is 16.5 Å². The Hall–Kier alpha value is -2.30. The third kappa shape index (κ3) is 2.36. The minimum absolute atomic E-state index is 0.284. The van der Waals surface area contributed by atoms with Crippen LogP contribution < -0.4 is 10.4 Å². The lowest BCUT2D eigenvalue weighted by Gasteiger charge is -2.18. The monoisotopic (exact) mass is 302 g/mol. The normalized spacial score (nSPS) is 15.4. The van der Waals surface area contributed by atoms with Crippen molar-refractivity contribution in [2.45, 2.75) is 45.6 Å². The summed E-state index contributed by atoms with van der Waals surface area (Å²) in [7, 11) is 0. The Morgan fingerprint density at radius 3 is 2.64 bits per heavy atom. The molecule has 0 saturated carbocycles. The number of hydrogen-bond acceptors (Lipinski definition) is 4. The highest BCUT2D eigenvalue weighted by Gasteiger charge is 2.21. The first-order valence-electron chi connectivity index (χ1n) is 7.46. The summed E-state index contributed by atoms with van der Waals surface area (Å²) in [5.74, 6) is -0.604. The molecule has 1 heterocycles. The maximum absolute atomic E-state index is 12.2. The maximum atomic E-state index is 12.2. The van der Waals surface area contributed by atoms with E-state index in [4.69, 9.17) is 14.3 Å². The van der Waals surface area contributed by atoms with E-state index in [0.717, 1.165) is 42.2 Å². The highest BCUT2D eigenvalue weighted by Crippen LogP contribution is 2.32. The Labute approximate surface area is 127 Å². The molecule has 0 fully saturated rings. The molecular formula is C17H18O5. The predicted molar refractivity (Wildman–Crippen MR) is 81.6 cm³/mol. The van der Waals surface area contributed by atoms with Gasteiger partial charge < -0.3 is 14.3 Å². The molecule has 1 aromatic carbocycles. The summed E-state index contributed by atoms with van der Waals surface area (Å²) < 4.78 is 10.9. The standard InChI is InChI=1S/C17H18O5/c1-9-14(21-10(2)16(18)19)8-7-12-11-5-3-4-6-13(11)17(20)22-15(9)12/h7-8,10H,3-6H2,1-2H3,(H,18,19)/t10-/m1/s1. The molecule has 0 spiro atoms. The average molecular weight is 302 g/mol. The summed E-state index contributed by atoms with van der Waals surface area (Å²) in [6.07, 6.45) is 2.77. The summed E-state index contributed by atoms with van der Waals surface area (Å²) in [6.45, 7) is 3.25. The van der Waals surface area contributed by atoms with Gasteiger partial charge in [-0.15, -0.1) is 0 Å². The molecular weight excluding hydrogens is 284 g/mol. The van der Waals surface area contributed by atoms with Gasteiger partial charge in [0.15, 0.2) is 6.10 Å². The number of ether oxygens (including phenoxy) is 1. The molecule has 0 unspecified atom stereocenters.